The van der Waals surface area contributed by atoms with Gasteiger partial charge in [-0.3, -0.25) is 14.2 Å². The van der Waals surface area contributed by atoms with Gasteiger partial charge in [-0.25, -0.2) is 9.67 Å². The van der Waals surface area contributed by atoms with Crippen LogP contribution in [0.2, 0.25) is 0 Å². The average molecular weight is 353 g/mol. The maximum Gasteiger partial charge on any atom is 0.266 e. The van der Waals surface area contributed by atoms with Crippen molar-refractivity contribution in [3.63, 3.8) is 0 Å². The van der Waals surface area contributed by atoms with Gasteiger partial charge in [0.2, 0.25) is 5.91 Å². The number of carbonyl (C=O) groups excluding carboxylic acids is 1. The summed E-state index contributed by atoms with van der Waals surface area (Å²) in [7, 11) is 1.57. The molecule has 8 heteroatoms. The lowest BCUT2D eigenvalue weighted by Crippen LogP contribution is -2.33. The van der Waals surface area contributed by atoms with Crippen molar-refractivity contribution in [2.24, 2.45) is 0 Å². The van der Waals surface area contributed by atoms with E-state index in [1.165, 1.54) is 10.7 Å². The number of nitrogens with one attached hydrogen (secondary N) is 1. The number of methoxy groups -OCH3 is 1. The number of hydrogen-bond acceptors (Lipinski definition) is 5. The van der Waals surface area contributed by atoms with Crippen LogP contribution in [-0.2, 0) is 17.8 Å². The number of benzene rings is 1. The molecule has 0 aliphatic heterocycles. The van der Waals surface area contributed by atoms with E-state index in [4.69, 9.17) is 4.74 Å². The van der Waals surface area contributed by atoms with Crippen LogP contribution in [0.1, 0.15) is 5.56 Å². The molecule has 26 heavy (non-hydrogen) atoms. The van der Waals surface area contributed by atoms with E-state index in [9.17, 15) is 9.59 Å². The summed E-state index contributed by atoms with van der Waals surface area (Å²) in [5, 5.41) is 7.08. The summed E-state index contributed by atoms with van der Waals surface area (Å²) in [4.78, 5) is 28.0. The van der Waals surface area contributed by atoms with Gasteiger partial charge in [-0.2, -0.15) is 5.10 Å². The standard InChI is InChI=1S/C18H19N5O3/c1-26-15-5-3-2-4-14(15)12-17(24)20-9-11-23-18(25)7-6-16(21-23)22-10-8-19-13-22/h2-8,10,13H,9,11-12H2,1H3,(H,20,24). The third-order valence-electron chi connectivity index (χ3n) is 3.81. The van der Waals surface area contributed by atoms with Crippen molar-refractivity contribution >= 4 is 5.91 Å². The van der Waals surface area contributed by atoms with Crippen LogP contribution in [0.4, 0.5) is 0 Å². The molecular weight excluding hydrogens is 334 g/mol. The van der Waals surface area contributed by atoms with Crippen molar-refractivity contribution in [3.05, 3.63) is 71.0 Å². The maximum absolute atomic E-state index is 12.1. The minimum absolute atomic E-state index is 0.145. The lowest BCUT2D eigenvalue weighted by Gasteiger charge is -2.10. The second-order valence-electron chi connectivity index (χ2n) is 5.56. The Balaban J connectivity index is 1.58. The molecule has 2 aromatic heterocycles. The molecule has 0 spiro atoms. The van der Waals surface area contributed by atoms with E-state index in [2.05, 4.69) is 15.4 Å². The van der Waals surface area contributed by atoms with Crippen molar-refractivity contribution in [2.75, 3.05) is 13.7 Å². The lowest BCUT2D eigenvalue weighted by molar-refractivity contribution is -0.120. The molecule has 3 aromatic rings. The Morgan fingerprint density at radius 2 is 2.08 bits per heavy atom. The SMILES string of the molecule is COc1ccccc1CC(=O)NCCn1nc(-n2ccnc2)ccc1=O. The fourth-order valence-corrected chi connectivity index (χ4v) is 2.52. The van der Waals surface area contributed by atoms with Crippen LogP contribution in [0.3, 0.4) is 0 Å². The van der Waals surface area contributed by atoms with Gasteiger partial charge in [0.1, 0.15) is 12.1 Å². The predicted molar refractivity (Wildman–Crippen MR) is 95.3 cm³/mol. The first-order chi connectivity index (χ1) is 12.7. The van der Waals surface area contributed by atoms with Gasteiger partial charge in [-0.15, -0.1) is 0 Å². The molecule has 0 bridgehead atoms. The first-order valence-corrected chi connectivity index (χ1v) is 8.12. The third kappa shape index (κ3) is 4.15. The molecule has 0 saturated carbocycles. The zero-order chi connectivity index (χ0) is 18.4. The summed E-state index contributed by atoms with van der Waals surface area (Å²) in [5.41, 5.74) is 0.581. The van der Waals surface area contributed by atoms with Crippen molar-refractivity contribution in [1.29, 1.82) is 0 Å². The van der Waals surface area contributed by atoms with Gasteiger partial charge in [0.05, 0.1) is 20.1 Å². The third-order valence-corrected chi connectivity index (χ3v) is 3.81. The van der Waals surface area contributed by atoms with Gasteiger partial charge < -0.3 is 10.1 Å². The number of ether oxygens (including phenoxy) is 1. The molecule has 3 rings (SSSR count). The van der Waals surface area contributed by atoms with Crippen LogP contribution < -0.4 is 15.6 Å². The Bertz CT molecular complexity index is 934. The van der Waals surface area contributed by atoms with Gasteiger partial charge in [0.15, 0.2) is 5.82 Å². The Hall–Kier alpha value is -3.42. The first-order valence-electron chi connectivity index (χ1n) is 8.12. The quantitative estimate of drug-likeness (QED) is 0.678. The number of para-hydroxylation sites is 1. The normalized spacial score (nSPS) is 10.5. The maximum atomic E-state index is 12.1. The van der Waals surface area contributed by atoms with Crippen LogP contribution in [0.25, 0.3) is 5.82 Å². The molecule has 0 radical (unpaired) electrons. The predicted octanol–water partition coefficient (Wildman–Crippen LogP) is 0.796. The molecule has 134 valence electrons. The lowest BCUT2D eigenvalue weighted by atomic mass is 10.1. The zero-order valence-electron chi connectivity index (χ0n) is 14.3. The van der Waals surface area contributed by atoms with E-state index in [-0.39, 0.29) is 24.4 Å². The molecule has 2 heterocycles. The van der Waals surface area contributed by atoms with Crippen LogP contribution in [0, 0.1) is 0 Å². The van der Waals surface area contributed by atoms with Crippen LogP contribution >= 0.6 is 0 Å². The zero-order valence-corrected chi connectivity index (χ0v) is 14.3. The number of amides is 1. The summed E-state index contributed by atoms with van der Waals surface area (Å²) < 4.78 is 8.26. The Labute approximate surface area is 150 Å². The molecule has 0 saturated heterocycles. The Morgan fingerprint density at radius 1 is 1.23 bits per heavy atom. The van der Waals surface area contributed by atoms with E-state index in [1.54, 1.807) is 36.5 Å². The minimum Gasteiger partial charge on any atom is -0.496 e. The highest BCUT2D eigenvalue weighted by Crippen LogP contribution is 2.17. The number of rotatable bonds is 7. The molecule has 1 N–H and O–H groups in total. The first kappa shape index (κ1) is 17.4. The summed E-state index contributed by atoms with van der Waals surface area (Å²) >= 11 is 0. The van der Waals surface area contributed by atoms with Crippen molar-refractivity contribution in [3.8, 4) is 11.6 Å². The molecule has 0 aliphatic rings. The number of hydrogen-bond donors (Lipinski definition) is 1. The molecule has 0 atom stereocenters. The molecule has 0 unspecified atom stereocenters. The van der Waals surface area contributed by atoms with Crippen molar-refractivity contribution in [1.82, 2.24) is 24.6 Å². The summed E-state index contributed by atoms with van der Waals surface area (Å²) in [6, 6.07) is 10.4. The van der Waals surface area contributed by atoms with Gasteiger partial charge in [0.25, 0.3) is 5.56 Å². The number of aromatic nitrogens is 4. The largest absolute Gasteiger partial charge is 0.496 e. The Morgan fingerprint density at radius 3 is 2.85 bits per heavy atom. The van der Waals surface area contributed by atoms with Crippen molar-refractivity contribution in [2.45, 2.75) is 13.0 Å². The van der Waals surface area contributed by atoms with Crippen LogP contribution in [-0.4, -0.2) is 38.9 Å². The highest BCUT2D eigenvalue weighted by Gasteiger charge is 2.08. The van der Waals surface area contributed by atoms with Crippen molar-refractivity contribution < 1.29 is 9.53 Å². The van der Waals surface area contributed by atoms with E-state index in [1.807, 2.05) is 24.3 Å². The van der Waals surface area contributed by atoms with Gasteiger partial charge >= 0.3 is 0 Å². The smallest absolute Gasteiger partial charge is 0.266 e. The fraction of sp³-hybridized carbons (Fsp3) is 0.222. The minimum atomic E-state index is -0.229. The highest BCUT2D eigenvalue weighted by molar-refractivity contribution is 5.79. The molecule has 0 fully saturated rings. The van der Waals surface area contributed by atoms with E-state index in [0.717, 1.165) is 5.56 Å². The van der Waals surface area contributed by atoms with E-state index in [0.29, 0.717) is 18.1 Å². The fourth-order valence-electron chi connectivity index (χ4n) is 2.52. The second kappa shape index (κ2) is 8.11. The summed E-state index contributed by atoms with van der Waals surface area (Å²) in [6.07, 6.45) is 5.19. The molecule has 8 nitrogen and oxygen atoms in total. The highest BCUT2D eigenvalue weighted by atomic mass is 16.5. The van der Waals surface area contributed by atoms with Crippen LogP contribution in [0.15, 0.2) is 59.9 Å². The second-order valence-corrected chi connectivity index (χ2v) is 5.56. The summed E-state index contributed by atoms with van der Waals surface area (Å²) in [6.45, 7) is 0.577. The number of nitrogens with zero attached hydrogens (tertiary/aromatic N) is 4. The van der Waals surface area contributed by atoms with Gasteiger partial charge in [-0.05, 0) is 12.1 Å². The number of imidazole rings is 1. The van der Waals surface area contributed by atoms with E-state index >= 15 is 0 Å². The molecular formula is C18H19N5O3. The van der Waals surface area contributed by atoms with E-state index < -0.39 is 0 Å². The summed E-state index contributed by atoms with van der Waals surface area (Å²) in [5.74, 6) is 1.12. The van der Waals surface area contributed by atoms with Gasteiger partial charge in [0, 0.05) is 30.6 Å². The van der Waals surface area contributed by atoms with Gasteiger partial charge in [-0.1, -0.05) is 18.2 Å². The average Bonchev–Trinajstić information content (AvgIpc) is 3.18. The topological polar surface area (TPSA) is 91.0 Å². The monoisotopic (exact) mass is 353 g/mol. The Kier molecular flexibility index (Phi) is 5.43. The molecule has 0 aliphatic carbocycles. The van der Waals surface area contributed by atoms with Crippen LogP contribution in [0.5, 0.6) is 5.75 Å². The molecule has 1 aromatic carbocycles. The molecule has 1 amide bonds. The number of carbonyl (C=O) groups is 1.